The molecule has 0 aliphatic heterocycles. The summed E-state index contributed by atoms with van der Waals surface area (Å²) >= 11 is 1.47. The summed E-state index contributed by atoms with van der Waals surface area (Å²) < 4.78 is 5.78. The topological polar surface area (TPSA) is 81.2 Å². The molecular formula is C22H19N3O2S. The Bertz CT molecular complexity index is 1090. The summed E-state index contributed by atoms with van der Waals surface area (Å²) in [7, 11) is 0. The Morgan fingerprint density at radius 2 is 1.86 bits per heavy atom. The minimum absolute atomic E-state index is 0.0676. The second kappa shape index (κ2) is 7.78. The van der Waals surface area contributed by atoms with E-state index in [1.165, 1.54) is 11.8 Å². The number of nitrogens with one attached hydrogen (secondary N) is 1. The molecule has 0 radical (unpaired) electrons. The number of aromatic nitrogens is 1. The van der Waals surface area contributed by atoms with Gasteiger partial charge >= 0.3 is 0 Å². The van der Waals surface area contributed by atoms with E-state index in [1.807, 2.05) is 79.7 Å². The number of benzene rings is 3. The van der Waals surface area contributed by atoms with Gasteiger partial charge in [0.05, 0.1) is 5.25 Å². The van der Waals surface area contributed by atoms with Gasteiger partial charge in [-0.1, -0.05) is 18.2 Å². The summed E-state index contributed by atoms with van der Waals surface area (Å²) in [5.41, 5.74) is 9.64. The average molecular weight is 389 g/mol. The van der Waals surface area contributed by atoms with Gasteiger partial charge < -0.3 is 15.5 Å². The molecule has 3 aromatic carbocycles. The molecule has 0 saturated carbocycles. The summed E-state index contributed by atoms with van der Waals surface area (Å²) in [5, 5.41) is 2.69. The number of nitrogen functional groups attached to an aromatic ring is 1. The molecular weight excluding hydrogens is 370 g/mol. The number of fused-ring (bicyclic) bond motifs is 1. The van der Waals surface area contributed by atoms with Crippen LogP contribution < -0.4 is 11.1 Å². The Morgan fingerprint density at radius 3 is 2.61 bits per heavy atom. The molecule has 0 aliphatic rings. The van der Waals surface area contributed by atoms with Crippen LogP contribution >= 0.6 is 11.8 Å². The number of hydrogen-bond donors (Lipinski definition) is 2. The van der Waals surface area contributed by atoms with E-state index in [4.69, 9.17) is 10.2 Å². The summed E-state index contributed by atoms with van der Waals surface area (Å²) in [6, 6.07) is 22.6. The van der Waals surface area contributed by atoms with Crippen molar-refractivity contribution in [3.05, 3.63) is 72.8 Å². The second-order valence-electron chi connectivity index (χ2n) is 6.39. The number of nitrogens with zero attached hydrogens (tertiary/aromatic N) is 1. The van der Waals surface area contributed by atoms with E-state index in [9.17, 15) is 4.79 Å². The first kappa shape index (κ1) is 18.1. The lowest BCUT2D eigenvalue weighted by atomic mass is 10.2. The van der Waals surface area contributed by atoms with Crippen LogP contribution in [0.4, 0.5) is 11.4 Å². The summed E-state index contributed by atoms with van der Waals surface area (Å²) in [4.78, 5) is 17.9. The van der Waals surface area contributed by atoms with Crippen LogP contribution in [0.25, 0.3) is 22.6 Å². The fraction of sp³-hybridized carbons (Fsp3) is 0.0909. The molecule has 0 fully saturated rings. The Balaban J connectivity index is 1.43. The van der Waals surface area contributed by atoms with E-state index in [-0.39, 0.29) is 11.2 Å². The molecule has 1 aromatic heterocycles. The van der Waals surface area contributed by atoms with E-state index in [1.54, 1.807) is 0 Å². The van der Waals surface area contributed by atoms with E-state index < -0.39 is 0 Å². The van der Waals surface area contributed by atoms with Gasteiger partial charge in [0.25, 0.3) is 0 Å². The minimum atomic E-state index is -0.251. The highest BCUT2D eigenvalue weighted by atomic mass is 32.2. The maximum Gasteiger partial charge on any atom is 0.237 e. The molecule has 1 heterocycles. The SMILES string of the molecule is CC(Sc1cccc(N)c1)C(=O)Nc1ccc(-c2nc3ccccc3o2)cc1. The normalized spacial score (nSPS) is 12.0. The van der Waals surface area contributed by atoms with Crippen LogP contribution in [0, 0.1) is 0 Å². The van der Waals surface area contributed by atoms with Gasteiger partial charge in [0.1, 0.15) is 5.52 Å². The van der Waals surface area contributed by atoms with Gasteiger partial charge in [-0.3, -0.25) is 4.79 Å². The molecule has 28 heavy (non-hydrogen) atoms. The smallest absolute Gasteiger partial charge is 0.237 e. The van der Waals surface area contributed by atoms with Gasteiger partial charge in [0.2, 0.25) is 11.8 Å². The third-order valence-electron chi connectivity index (χ3n) is 4.23. The molecule has 1 unspecified atom stereocenters. The van der Waals surface area contributed by atoms with Gasteiger partial charge in [0, 0.05) is 21.8 Å². The van der Waals surface area contributed by atoms with Gasteiger partial charge in [-0.15, -0.1) is 11.8 Å². The number of rotatable bonds is 5. The first-order chi connectivity index (χ1) is 13.6. The molecule has 5 nitrogen and oxygen atoms in total. The third-order valence-corrected chi connectivity index (χ3v) is 5.33. The molecule has 6 heteroatoms. The van der Waals surface area contributed by atoms with Crippen molar-refractivity contribution in [1.29, 1.82) is 0 Å². The molecule has 4 aromatic rings. The van der Waals surface area contributed by atoms with Crippen molar-refractivity contribution in [3.8, 4) is 11.5 Å². The average Bonchev–Trinajstić information content (AvgIpc) is 3.13. The number of carbonyl (C=O) groups excluding carboxylic acids is 1. The van der Waals surface area contributed by atoms with Crippen LogP contribution in [0.5, 0.6) is 0 Å². The highest BCUT2D eigenvalue weighted by Crippen LogP contribution is 2.27. The van der Waals surface area contributed by atoms with E-state index in [2.05, 4.69) is 10.3 Å². The molecule has 140 valence electrons. The van der Waals surface area contributed by atoms with Crippen molar-refractivity contribution in [1.82, 2.24) is 4.98 Å². The standard InChI is InChI=1S/C22H19N3O2S/c1-14(28-18-6-4-5-16(23)13-18)21(26)24-17-11-9-15(10-12-17)22-25-19-7-2-3-8-20(19)27-22/h2-14H,23H2,1H3,(H,24,26). The minimum Gasteiger partial charge on any atom is -0.436 e. The zero-order chi connectivity index (χ0) is 19.5. The number of anilines is 2. The Morgan fingerprint density at radius 1 is 1.07 bits per heavy atom. The van der Waals surface area contributed by atoms with E-state index in [0.717, 1.165) is 27.2 Å². The lowest BCUT2D eigenvalue weighted by molar-refractivity contribution is -0.115. The monoisotopic (exact) mass is 389 g/mol. The molecule has 0 aliphatic carbocycles. The predicted molar refractivity (Wildman–Crippen MR) is 114 cm³/mol. The predicted octanol–water partition coefficient (Wildman–Crippen LogP) is 5.20. The number of para-hydroxylation sites is 2. The number of oxazole rings is 1. The first-order valence-electron chi connectivity index (χ1n) is 8.87. The quantitative estimate of drug-likeness (QED) is 0.362. The van der Waals surface area contributed by atoms with Gasteiger partial charge in [0.15, 0.2) is 5.58 Å². The zero-order valence-corrected chi connectivity index (χ0v) is 16.1. The zero-order valence-electron chi connectivity index (χ0n) is 15.3. The van der Waals surface area contributed by atoms with Crippen molar-refractivity contribution < 1.29 is 9.21 Å². The lowest BCUT2D eigenvalue weighted by Gasteiger charge is -2.12. The van der Waals surface area contributed by atoms with Crippen molar-refractivity contribution in [2.24, 2.45) is 0 Å². The van der Waals surface area contributed by atoms with Crippen molar-refractivity contribution >= 4 is 40.1 Å². The molecule has 0 bridgehead atoms. The Labute approximate surface area is 167 Å². The molecule has 0 saturated heterocycles. The summed E-state index contributed by atoms with van der Waals surface area (Å²) in [5.74, 6) is 0.492. The second-order valence-corrected chi connectivity index (χ2v) is 7.80. The molecule has 0 spiro atoms. The molecule has 4 rings (SSSR count). The lowest BCUT2D eigenvalue weighted by Crippen LogP contribution is -2.22. The number of thioether (sulfide) groups is 1. The maximum atomic E-state index is 12.5. The highest BCUT2D eigenvalue weighted by molar-refractivity contribution is 8.00. The van der Waals surface area contributed by atoms with Gasteiger partial charge in [-0.2, -0.15) is 0 Å². The fourth-order valence-electron chi connectivity index (χ4n) is 2.78. The van der Waals surface area contributed by atoms with Crippen molar-refractivity contribution in [3.63, 3.8) is 0 Å². The molecule has 1 amide bonds. The number of carbonyl (C=O) groups is 1. The Hall–Kier alpha value is -3.25. The number of nitrogens with two attached hydrogens (primary N) is 1. The Kier molecular flexibility index (Phi) is 5.04. The van der Waals surface area contributed by atoms with Crippen LogP contribution in [0.1, 0.15) is 6.92 Å². The molecule has 1 atom stereocenters. The molecule has 3 N–H and O–H groups in total. The first-order valence-corrected chi connectivity index (χ1v) is 9.75. The maximum absolute atomic E-state index is 12.5. The highest BCUT2D eigenvalue weighted by Gasteiger charge is 2.15. The van der Waals surface area contributed by atoms with Crippen molar-refractivity contribution in [2.75, 3.05) is 11.1 Å². The number of hydrogen-bond acceptors (Lipinski definition) is 5. The van der Waals surface area contributed by atoms with Crippen LogP contribution in [-0.4, -0.2) is 16.1 Å². The van der Waals surface area contributed by atoms with Gasteiger partial charge in [-0.05, 0) is 61.5 Å². The van der Waals surface area contributed by atoms with Crippen LogP contribution in [-0.2, 0) is 4.79 Å². The van der Waals surface area contributed by atoms with E-state index >= 15 is 0 Å². The van der Waals surface area contributed by atoms with Crippen LogP contribution in [0.15, 0.2) is 82.1 Å². The summed E-state index contributed by atoms with van der Waals surface area (Å²) in [6.45, 7) is 1.87. The largest absolute Gasteiger partial charge is 0.436 e. The number of amides is 1. The fourth-order valence-corrected chi connectivity index (χ4v) is 3.72. The van der Waals surface area contributed by atoms with Crippen molar-refractivity contribution in [2.45, 2.75) is 17.1 Å². The third kappa shape index (κ3) is 4.02. The van der Waals surface area contributed by atoms with E-state index in [0.29, 0.717) is 11.6 Å². The van der Waals surface area contributed by atoms with Crippen LogP contribution in [0.2, 0.25) is 0 Å². The van der Waals surface area contributed by atoms with Gasteiger partial charge in [-0.25, -0.2) is 4.98 Å². The summed E-state index contributed by atoms with van der Waals surface area (Å²) in [6.07, 6.45) is 0. The van der Waals surface area contributed by atoms with Crippen LogP contribution in [0.3, 0.4) is 0 Å².